The molecule has 0 aliphatic heterocycles. The summed E-state index contributed by atoms with van der Waals surface area (Å²) < 4.78 is 6.42. The Hall–Kier alpha value is -3.94. The van der Waals surface area contributed by atoms with Crippen LogP contribution in [-0.4, -0.2) is 34.3 Å². The Morgan fingerprint density at radius 3 is 2.26 bits per heavy atom. The van der Waals surface area contributed by atoms with Crippen LogP contribution in [0.15, 0.2) is 66.7 Å². The minimum atomic E-state index is -1.02. The number of amides is 3. The van der Waals surface area contributed by atoms with E-state index in [1.807, 2.05) is 53.8 Å². The number of rotatable bonds is 5. The fourth-order valence-corrected chi connectivity index (χ4v) is 2.42. The number of hydrogen-bond acceptors (Lipinski definition) is 5. The molecule has 27 heavy (non-hydrogen) atoms. The normalized spacial score (nSPS) is 10.2. The van der Waals surface area contributed by atoms with Gasteiger partial charge in [0.2, 0.25) is 0 Å². The molecule has 0 radical (unpaired) electrons. The van der Waals surface area contributed by atoms with Gasteiger partial charge in [-0.05, 0) is 18.2 Å². The smallest absolute Gasteiger partial charge is 0.357 e. The summed E-state index contributed by atoms with van der Waals surface area (Å²) in [7, 11) is 0. The van der Waals surface area contributed by atoms with Gasteiger partial charge in [0.15, 0.2) is 12.3 Å². The molecule has 3 amide bonds. The topological polar surface area (TPSA) is 116 Å². The van der Waals surface area contributed by atoms with Crippen molar-refractivity contribution in [3.05, 3.63) is 72.4 Å². The van der Waals surface area contributed by atoms with Crippen molar-refractivity contribution in [2.75, 3.05) is 6.61 Å². The van der Waals surface area contributed by atoms with E-state index in [1.54, 1.807) is 18.2 Å². The van der Waals surface area contributed by atoms with Crippen molar-refractivity contribution in [3.8, 4) is 16.9 Å². The van der Waals surface area contributed by atoms with Gasteiger partial charge in [-0.3, -0.25) is 10.1 Å². The molecule has 0 aliphatic rings. The maximum absolute atomic E-state index is 12.5. The van der Waals surface area contributed by atoms with E-state index >= 15 is 0 Å². The zero-order valence-corrected chi connectivity index (χ0v) is 14.2. The number of primary amides is 1. The van der Waals surface area contributed by atoms with Gasteiger partial charge in [-0.2, -0.15) is 5.10 Å². The number of carbonyl (C=O) groups is 3. The number of nitrogens with one attached hydrogen (secondary N) is 1. The number of nitrogens with two attached hydrogens (primary N) is 1. The minimum absolute atomic E-state index is 0.145. The summed E-state index contributed by atoms with van der Waals surface area (Å²) in [6.07, 6.45) is 0. The van der Waals surface area contributed by atoms with Crippen LogP contribution in [0.2, 0.25) is 0 Å². The zero-order chi connectivity index (χ0) is 19.2. The quantitative estimate of drug-likeness (QED) is 0.671. The third-order valence-corrected chi connectivity index (χ3v) is 3.59. The fraction of sp³-hybridized carbons (Fsp3) is 0.0526. The number of aromatic nitrogens is 2. The Kier molecular flexibility index (Phi) is 5.27. The molecule has 0 saturated heterocycles. The first-order valence-electron chi connectivity index (χ1n) is 8.02. The van der Waals surface area contributed by atoms with E-state index in [-0.39, 0.29) is 5.69 Å². The number of para-hydroxylation sites is 1. The molecule has 2 aromatic carbocycles. The highest BCUT2D eigenvalue weighted by Crippen LogP contribution is 2.22. The standard InChI is InChI=1S/C19H16N4O4/c20-19(26)21-17(24)12-27-18(25)16-11-15(13-7-3-1-4-8-13)22-23(16)14-9-5-2-6-10-14/h1-11H,12H2,(H3,20,21,24,26). The molecule has 0 atom stereocenters. The molecule has 8 heteroatoms. The van der Waals surface area contributed by atoms with Crippen molar-refractivity contribution in [1.82, 2.24) is 15.1 Å². The molecule has 3 N–H and O–H groups in total. The lowest BCUT2D eigenvalue weighted by molar-refractivity contribution is -0.123. The molecular formula is C19H16N4O4. The summed E-state index contributed by atoms with van der Waals surface area (Å²) in [6, 6.07) is 19.0. The maximum Gasteiger partial charge on any atom is 0.357 e. The minimum Gasteiger partial charge on any atom is -0.451 e. The van der Waals surface area contributed by atoms with E-state index in [1.165, 1.54) is 4.68 Å². The molecule has 0 aliphatic carbocycles. The number of benzene rings is 2. The Morgan fingerprint density at radius 1 is 1.00 bits per heavy atom. The summed E-state index contributed by atoms with van der Waals surface area (Å²) in [6.45, 7) is -0.636. The van der Waals surface area contributed by atoms with Crippen molar-refractivity contribution in [1.29, 1.82) is 0 Å². The Morgan fingerprint density at radius 2 is 1.63 bits per heavy atom. The van der Waals surface area contributed by atoms with Crippen LogP contribution in [0.1, 0.15) is 10.5 Å². The van der Waals surface area contributed by atoms with Crippen LogP contribution in [0, 0.1) is 0 Å². The van der Waals surface area contributed by atoms with Crippen LogP contribution >= 0.6 is 0 Å². The highest BCUT2D eigenvalue weighted by Gasteiger charge is 2.20. The van der Waals surface area contributed by atoms with E-state index in [0.717, 1.165) is 5.56 Å². The van der Waals surface area contributed by atoms with Gasteiger partial charge >= 0.3 is 12.0 Å². The number of urea groups is 1. The van der Waals surface area contributed by atoms with Crippen LogP contribution in [0.25, 0.3) is 16.9 Å². The van der Waals surface area contributed by atoms with Crippen LogP contribution in [0.5, 0.6) is 0 Å². The molecule has 0 fully saturated rings. The lowest BCUT2D eigenvalue weighted by Gasteiger charge is -2.07. The van der Waals surface area contributed by atoms with Gasteiger partial charge in [-0.25, -0.2) is 14.3 Å². The van der Waals surface area contributed by atoms with Gasteiger partial charge in [0, 0.05) is 5.56 Å². The van der Waals surface area contributed by atoms with Crippen LogP contribution < -0.4 is 11.1 Å². The Balaban J connectivity index is 1.90. The van der Waals surface area contributed by atoms with Crippen molar-refractivity contribution >= 4 is 17.9 Å². The summed E-state index contributed by atoms with van der Waals surface area (Å²) in [5, 5.41) is 6.32. The average molecular weight is 364 g/mol. The summed E-state index contributed by atoms with van der Waals surface area (Å²) >= 11 is 0. The lowest BCUT2D eigenvalue weighted by atomic mass is 10.1. The predicted octanol–water partition coefficient (Wildman–Crippen LogP) is 1.89. The van der Waals surface area contributed by atoms with Crippen molar-refractivity contribution in [2.24, 2.45) is 5.73 Å². The number of carbonyl (C=O) groups excluding carboxylic acids is 3. The second-order valence-corrected chi connectivity index (χ2v) is 5.52. The van der Waals surface area contributed by atoms with E-state index in [2.05, 4.69) is 5.10 Å². The first kappa shape index (κ1) is 17.9. The maximum atomic E-state index is 12.5. The van der Waals surface area contributed by atoms with Gasteiger partial charge in [0.1, 0.15) is 0 Å². The van der Waals surface area contributed by atoms with Gasteiger partial charge in [0.05, 0.1) is 11.4 Å². The first-order chi connectivity index (χ1) is 13.0. The molecule has 0 saturated carbocycles. The van der Waals surface area contributed by atoms with Gasteiger partial charge < -0.3 is 10.5 Å². The Labute approximate surface area is 154 Å². The number of hydrogen-bond donors (Lipinski definition) is 2. The molecule has 3 rings (SSSR count). The molecule has 0 unspecified atom stereocenters. The van der Waals surface area contributed by atoms with Crippen molar-refractivity contribution in [3.63, 3.8) is 0 Å². The van der Waals surface area contributed by atoms with Crippen LogP contribution in [-0.2, 0) is 9.53 Å². The molecule has 1 aromatic heterocycles. The summed E-state index contributed by atoms with van der Waals surface area (Å²) in [4.78, 5) is 34.6. The average Bonchev–Trinajstić information content (AvgIpc) is 3.12. The molecule has 1 heterocycles. The highest BCUT2D eigenvalue weighted by atomic mass is 16.5. The summed E-state index contributed by atoms with van der Waals surface area (Å²) in [5.41, 5.74) is 7.06. The molecular weight excluding hydrogens is 348 g/mol. The van der Waals surface area contributed by atoms with E-state index < -0.39 is 24.5 Å². The third kappa shape index (κ3) is 4.37. The molecule has 0 spiro atoms. The fourth-order valence-electron chi connectivity index (χ4n) is 2.42. The first-order valence-corrected chi connectivity index (χ1v) is 8.02. The van der Waals surface area contributed by atoms with Crippen molar-refractivity contribution in [2.45, 2.75) is 0 Å². The second-order valence-electron chi connectivity index (χ2n) is 5.52. The molecule has 8 nitrogen and oxygen atoms in total. The number of ether oxygens (including phenoxy) is 1. The second kappa shape index (κ2) is 7.96. The predicted molar refractivity (Wildman–Crippen MR) is 97.0 cm³/mol. The molecule has 136 valence electrons. The van der Waals surface area contributed by atoms with E-state index in [0.29, 0.717) is 11.4 Å². The van der Waals surface area contributed by atoms with Gasteiger partial charge in [-0.1, -0.05) is 48.5 Å². The zero-order valence-electron chi connectivity index (χ0n) is 14.2. The van der Waals surface area contributed by atoms with Crippen LogP contribution in [0.3, 0.4) is 0 Å². The Bertz CT molecular complexity index is 968. The highest BCUT2D eigenvalue weighted by molar-refractivity contribution is 5.96. The SMILES string of the molecule is NC(=O)NC(=O)COC(=O)c1cc(-c2ccccc2)nn1-c1ccccc1. The number of imide groups is 1. The van der Waals surface area contributed by atoms with Gasteiger partial charge in [0.25, 0.3) is 5.91 Å². The van der Waals surface area contributed by atoms with E-state index in [4.69, 9.17) is 10.5 Å². The number of esters is 1. The largest absolute Gasteiger partial charge is 0.451 e. The third-order valence-electron chi connectivity index (χ3n) is 3.59. The van der Waals surface area contributed by atoms with Gasteiger partial charge in [-0.15, -0.1) is 0 Å². The molecule has 0 bridgehead atoms. The molecule has 3 aromatic rings. The number of nitrogens with zero attached hydrogens (tertiary/aromatic N) is 2. The summed E-state index contributed by atoms with van der Waals surface area (Å²) in [5.74, 6) is -1.57. The monoisotopic (exact) mass is 364 g/mol. The van der Waals surface area contributed by atoms with E-state index in [9.17, 15) is 14.4 Å². The van der Waals surface area contributed by atoms with Crippen LogP contribution in [0.4, 0.5) is 4.79 Å². The lowest BCUT2D eigenvalue weighted by Crippen LogP contribution is -2.37. The van der Waals surface area contributed by atoms with Crippen molar-refractivity contribution < 1.29 is 19.1 Å².